The lowest BCUT2D eigenvalue weighted by Gasteiger charge is -2.27. The van der Waals surface area contributed by atoms with Gasteiger partial charge in [0.05, 0.1) is 35.8 Å². The van der Waals surface area contributed by atoms with E-state index in [4.69, 9.17) is 0 Å². The Morgan fingerprint density at radius 2 is 0.513 bits per heavy atom. The Bertz CT molecular complexity index is 1270. The smallest absolute Gasteiger partial charge is 0.143 e. The Labute approximate surface area is 292 Å². The molecule has 0 radical (unpaired) electrons. The van der Waals surface area contributed by atoms with Crippen LogP contribution in [0.15, 0.2) is 84.3 Å². The number of aromatic hydroxyl groups is 4. The highest BCUT2D eigenvalue weighted by molar-refractivity contribution is 9.12. The standard InChI is InChI=1S/C27H16Br8O4/c28-16-1-10(2-17(29)24(16)36)14(11-3-18(30)25(37)19(31)4-11)9-15(12-5-20(32)26(38)21(33)6-12)13-7-22(34)27(39)23(35)8-13/h1-8,14-15,36-39H,9H2. The molecule has 4 aromatic carbocycles. The number of phenolic OH excluding ortho intramolecular Hbond substituents is 4. The van der Waals surface area contributed by atoms with Crippen molar-refractivity contribution >= 4 is 127 Å². The summed E-state index contributed by atoms with van der Waals surface area (Å²) < 4.78 is 4.30. The number of phenols is 4. The zero-order valence-electron chi connectivity index (χ0n) is 19.3. The summed E-state index contributed by atoms with van der Waals surface area (Å²) in [6.07, 6.45) is 0.542. The summed E-state index contributed by atoms with van der Waals surface area (Å²) in [7, 11) is 0. The molecule has 0 unspecified atom stereocenters. The van der Waals surface area contributed by atoms with Crippen molar-refractivity contribution in [1.82, 2.24) is 0 Å². The number of benzene rings is 4. The Morgan fingerprint density at radius 1 is 0.359 bits per heavy atom. The first-order valence-electron chi connectivity index (χ1n) is 11.0. The second-order valence-electron chi connectivity index (χ2n) is 8.67. The Kier molecular flexibility index (Phi) is 10.7. The van der Waals surface area contributed by atoms with Crippen LogP contribution in [0, 0.1) is 0 Å². The molecule has 12 heteroatoms. The minimum atomic E-state index is -0.228. The maximum Gasteiger partial charge on any atom is 0.143 e. The Hall–Kier alpha value is -0.0800. The van der Waals surface area contributed by atoms with Crippen LogP contribution in [0.2, 0.25) is 0 Å². The van der Waals surface area contributed by atoms with E-state index in [0.717, 1.165) is 22.3 Å². The van der Waals surface area contributed by atoms with Gasteiger partial charge < -0.3 is 20.4 Å². The van der Waals surface area contributed by atoms with Crippen molar-refractivity contribution in [3.8, 4) is 23.0 Å². The average molecular weight is 1040 g/mol. The summed E-state index contributed by atoms with van der Waals surface area (Å²) in [5.74, 6) is -0.0668. The molecule has 0 aliphatic carbocycles. The second kappa shape index (κ2) is 13.1. The zero-order valence-corrected chi connectivity index (χ0v) is 32.0. The SMILES string of the molecule is Oc1c(Br)cc(C(CC(c2cc(Br)c(O)c(Br)c2)c2cc(Br)c(O)c(Br)c2)c2cc(Br)c(O)c(Br)c2)cc1Br. The minimum absolute atomic E-state index is 0.0971. The van der Waals surface area contributed by atoms with Gasteiger partial charge in [0.1, 0.15) is 23.0 Å². The molecular weight excluding hydrogens is 1030 g/mol. The van der Waals surface area contributed by atoms with Crippen molar-refractivity contribution < 1.29 is 20.4 Å². The molecule has 0 saturated heterocycles. The first-order valence-corrected chi connectivity index (χ1v) is 17.3. The van der Waals surface area contributed by atoms with Crippen LogP contribution in [0.25, 0.3) is 0 Å². The summed E-state index contributed by atoms with van der Waals surface area (Å²) in [5, 5.41) is 41.6. The fraction of sp³-hybridized carbons (Fsp3) is 0.111. The highest BCUT2D eigenvalue weighted by Gasteiger charge is 2.27. The first kappa shape index (κ1) is 31.8. The highest BCUT2D eigenvalue weighted by Crippen LogP contribution is 2.48. The van der Waals surface area contributed by atoms with Crippen molar-refractivity contribution in [2.24, 2.45) is 0 Å². The summed E-state index contributed by atoms with van der Waals surface area (Å²) >= 11 is 27.8. The number of rotatable bonds is 6. The molecule has 204 valence electrons. The molecule has 0 aromatic heterocycles. The average Bonchev–Trinajstić information content (AvgIpc) is 2.87. The minimum Gasteiger partial charge on any atom is -0.506 e. The van der Waals surface area contributed by atoms with Crippen LogP contribution >= 0.6 is 127 Å². The Morgan fingerprint density at radius 3 is 0.667 bits per heavy atom. The predicted octanol–water partition coefficient (Wildman–Crippen LogP) is 12.0. The van der Waals surface area contributed by atoms with Gasteiger partial charge in [0.15, 0.2) is 0 Å². The molecule has 0 aliphatic rings. The molecule has 0 heterocycles. The fourth-order valence-corrected chi connectivity index (χ4v) is 9.20. The van der Waals surface area contributed by atoms with E-state index in [-0.39, 0.29) is 34.8 Å². The second-order valence-corrected chi connectivity index (χ2v) is 15.5. The third-order valence-corrected chi connectivity index (χ3v) is 11.1. The van der Waals surface area contributed by atoms with E-state index in [9.17, 15) is 20.4 Å². The molecule has 4 N–H and O–H groups in total. The van der Waals surface area contributed by atoms with Crippen LogP contribution in [0.5, 0.6) is 23.0 Å². The van der Waals surface area contributed by atoms with Gasteiger partial charge >= 0.3 is 0 Å². The lowest BCUT2D eigenvalue weighted by Crippen LogP contribution is -2.11. The maximum atomic E-state index is 10.4. The van der Waals surface area contributed by atoms with Gasteiger partial charge in [-0.1, -0.05) is 0 Å². The first-order chi connectivity index (χ1) is 18.3. The van der Waals surface area contributed by atoms with Crippen LogP contribution in [-0.2, 0) is 0 Å². The van der Waals surface area contributed by atoms with Gasteiger partial charge in [0.25, 0.3) is 0 Å². The fourth-order valence-electron chi connectivity index (χ4n) is 4.31. The molecular formula is C27H16Br8O4. The Balaban J connectivity index is 1.98. The van der Waals surface area contributed by atoms with Crippen LogP contribution in [0.1, 0.15) is 40.5 Å². The van der Waals surface area contributed by atoms with Crippen LogP contribution in [0.3, 0.4) is 0 Å². The van der Waals surface area contributed by atoms with Crippen molar-refractivity contribution in [2.75, 3.05) is 0 Å². The number of hydrogen-bond acceptors (Lipinski definition) is 4. The lowest BCUT2D eigenvalue weighted by molar-refractivity contribution is 0.467. The molecule has 0 fully saturated rings. The van der Waals surface area contributed by atoms with Gasteiger partial charge in [-0.3, -0.25) is 0 Å². The molecule has 0 amide bonds. The maximum absolute atomic E-state index is 10.4. The largest absolute Gasteiger partial charge is 0.506 e. The van der Waals surface area contributed by atoms with E-state index >= 15 is 0 Å². The van der Waals surface area contributed by atoms with Crippen molar-refractivity contribution in [3.63, 3.8) is 0 Å². The van der Waals surface area contributed by atoms with E-state index in [0.29, 0.717) is 42.2 Å². The van der Waals surface area contributed by atoms with Gasteiger partial charge in [0, 0.05) is 11.8 Å². The van der Waals surface area contributed by atoms with E-state index in [2.05, 4.69) is 127 Å². The molecule has 4 aromatic rings. The quantitative estimate of drug-likeness (QED) is 0.155. The molecule has 0 spiro atoms. The van der Waals surface area contributed by atoms with Gasteiger partial charge in [-0.15, -0.1) is 0 Å². The van der Waals surface area contributed by atoms with E-state index in [1.54, 1.807) is 0 Å². The lowest BCUT2D eigenvalue weighted by atomic mass is 9.78. The highest BCUT2D eigenvalue weighted by atomic mass is 79.9. The van der Waals surface area contributed by atoms with E-state index in [1.165, 1.54) is 0 Å². The number of halogens is 8. The third-order valence-electron chi connectivity index (χ3n) is 6.24. The van der Waals surface area contributed by atoms with Gasteiger partial charge in [-0.05, 0) is 205 Å². The third kappa shape index (κ3) is 6.95. The number of hydrogen-bond donors (Lipinski definition) is 4. The normalized spacial score (nSPS) is 11.5. The summed E-state index contributed by atoms with van der Waals surface area (Å²) in [5.41, 5.74) is 3.65. The van der Waals surface area contributed by atoms with Gasteiger partial charge in [0.2, 0.25) is 0 Å². The van der Waals surface area contributed by atoms with Crippen LogP contribution in [0.4, 0.5) is 0 Å². The summed E-state index contributed by atoms with van der Waals surface area (Å²) in [6.45, 7) is 0. The summed E-state index contributed by atoms with van der Waals surface area (Å²) in [4.78, 5) is 0. The van der Waals surface area contributed by atoms with Crippen LogP contribution < -0.4 is 0 Å². The van der Waals surface area contributed by atoms with Crippen molar-refractivity contribution in [2.45, 2.75) is 18.3 Å². The van der Waals surface area contributed by atoms with E-state index in [1.807, 2.05) is 48.5 Å². The molecule has 4 rings (SSSR count). The topological polar surface area (TPSA) is 80.9 Å². The predicted molar refractivity (Wildman–Crippen MR) is 182 cm³/mol. The van der Waals surface area contributed by atoms with Crippen molar-refractivity contribution in [3.05, 3.63) is 107 Å². The molecule has 0 bridgehead atoms. The van der Waals surface area contributed by atoms with E-state index < -0.39 is 0 Å². The van der Waals surface area contributed by atoms with Crippen LogP contribution in [-0.4, -0.2) is 20.4 Å². The van der Waals surface area contributed by atoms with Gasteiger partial charge in [-0.2, -0.15) is 0 Å². The molecule has 0 aliphatic heterocycles. The monoisotopic (exact) mass is 1040 g/mol. The molecule has 39 heavy (non-hydrogen) atoms. The zero-order chi connectivity index (χ0) is 28.8. The molecule has 0 atom stereocenters. The summed E-state index contributed by atoms with van der Waals surface area (Å²) in [6, 6.07) is 15.0. The molecule has 0 saturated carbocycles. The molecule has 4 nitrogen and oxygen atoms in total. The van der Waals surface area contributed by atoms with Crippen molar-refractivity contribution in [1.29, 1.82) is 0 Å². The van der Waals surface area contributed by atoms with Gasteiger partial charge in [-0.25, -0.2) is 0 Å².